The number of rotatable bonds is 9. The van der Waals surface area contributed by atoms with E-state index in [0.29, 0.717) is 0 Å². The van der Waals surface area contributed by atoms with Crippen LogP contribution in [0.25, 0.3) is 0 Å². The van der Waals surface area contributed by atoms with Gasteiger partial charge in [-0.05, 0) is 56.2 Å². The second-order valence-electron chi connectivity index (χ2n) is 7.68. The van der Waals surface area contributed by atoms with Crippen LogP contribution in [0.3, 0.4) is 0 Å². The van der Waals surface area contributed by atoms with Gasteiger partial charge in [0.15, 0.2) is 0 Å². The molecule has 2 bridgehead atoms. The van der Waals surface area contributed by atoms with Crippen molar-refractivity contribution in [3.8, 4) is 0 Å². The molecule has 4 heteroatoms. The van der Waals surface area contributed by atoms with Crippen LogP contribution < -0.4 is 11.1 Å². The lowest BCUT2D eigenvalue weighted by Crippen LogP contribution is -2.58. The van der Waals surface area contributed by atoms with E-state index in [1.165, 1.54) is 11.1 Å². The number of nitrogens with two attached hydrogens (primary N) is 1. The van der Waals surface area contributed by atoms with E-state index >= 15 is 0 Å². The first-order valence-electron chi connectivity index (χ1n) is 9.60. The molecule has 1 radical (unpaired) electrons. The van der Waals surface area contributed by atoms with Gasteiger partial charge in [0.2, 0.25) is 0 Å². The van der Waals surface area contributed by atoms with E-state index in [-0.39, 0.29) is 17.1 Å². The molecule has 1 atom stereocenters. The molecule has 139 valence electrons. The van der Waals surface area contributed by atoms with Gasteiger partial charge in [-0.15, -0.1) is 0 Å². The highest BCUT2D eigenvalue weighted by Crippen LogP contribution is 2.55. The third-order valence-corrected chi connectivity index (χ3v) is 6.48. The van der Waals surface area contributed by atoms with Crippen LogP contribution in [0.4, 0.5) is 0 Å². The third-order valence-electron chi connectivity index (χ3n) is 6.48. The predicted octanol–water partition coefficient (Wildman–Crippen LogP) is 3.29. The second-order valence-corrected chi connectivity index (χ2v) is 7.68. The molecule has 4 nitrogen and oxygen atoms in total. The van der Waals surface area contributed by atoms with Gasteiger partial charge in [0.05, 0.1) is 11.7 Å². The minimum atomic E-state index is 0.0473. The Hall–Kier alpha value is -0.940. The van der Waals surface area contributed by atoms with Gasteiger partial charge < -0.3 is 20.5 Å². The average Bonchev–Trinajstić information content (AvgIpc) is 2.69. The smallest absolute Gasteiger partial charge is 0.0704 e. The van der Waals surface area contributed by atoms with Crippen molar-refractivity contribution in [1.82, 2.24) is 5.32 Å². The van der Waals surface area contributed by atoms with Gasteiger partial charge in [-0.2, -0.15) is 0 Å². The Labute approximate surface area is 152 Å². The SMILES string of the molecule is CO[C@@H]1CC2(OC)CCC1(c1ccc(CN[CH]CCCN)cc1)CC2. The number of unbranched alkanes of at least 4 members (excludes halogenated alkanes) is 1. The van der Waals surface area contributed by atoms with E-state index in [1.54, 1.807) is 0 Å². The third kappa shape index (κ3) is 3.77. The molecule has 3 saturated carbocycles. The molecule has 3 aliphatic carbocycles. The first-order valence-corrected chi connectivity index (χ1v) is 9.60. The molecular formula is C21H33N2O2. The van der Waals surface area contributed by atoms with Crippen LogP contribution in [-0.2, 0) is 21.4 Å². The number of hydrogen-bond donors (Lipinski definition) is 2. The average molecular weight is 346 g/mol. The van der Waals surface area contributed by atoms with Crippen LogP contribution in [0.1, 0.15) is 56.1 Å². The Morgan fingerprint density at radius 3 is 2.48 bits per heavy atom. The molecule has 0 amide bonds. The predicted molar refractivity (Wildman–Crippen MR) is 101 cm³/mol. The maximum atomic E-state index is 5.93. The highest BCUT2D eigenvalue weighted by Gasteiger charge is 2.55. The summed E-state index contributed by atoms with van der Waals surface area (Å²) in [6.45, 7) is 3.74. The number of benzene rings is 1. The lowest BCUT2D eigenvalue weighted by molar-refractivity contribution is -0.157. The molecule has 0 aliphatic heterocycles. The first kappa shape index (κ1) is 18.8. The van der Waals surface area contributed by atoms with E-state index in [0.717, 1.165) is 58.0 Å². The zero-order valence-electron chi connectivity index (χ0n) is 15.7. The Kier molecular flexibility index (Phi) is 6.16. The summed E-state index contributed by atoms with van der Waals surface area (Å²) in [4.78, 5) is 0. The van der Waals surface area contributed by atoms with Crippen LogP contribution in [0.15, 0.2) is 24.3 Å². The molecule has 3 fully saturated rings. The highest BCUT2D eigenvalue weighted by molar-refractivity contribution is 5.34. The Morgan fingerprint density at radius 2 is 1.88 bits per heavy atom. The van der Waals surface area contributed by atoms with Gasteiger partial charge in [0.25, 0.3) is 0 Å². The minimum Gasteiger partial charge on any atom is -0.380 e. The Morgan fingerprint density at radius 1 is 1.16 bits per heavy atom. The van der Waals surface area contributed by atoms with Gasteiger partial charge in [-0.25, -0.2) is 0 Å². The van der Waals surface area contributed by atoms with Crippen molar-refractivity contribution in [2.45, 2.75) is 68.6 Å². The normalized spacial score (nSPS) is 31.4. The highest BCUT2D eigenvalue weighted by atomic mass is 16.5. The lowest BCUT2D eigenvalue weighted by atomic mass is 9.54. The van der Waals surface area contributed by atoms with Crippen molar-refractivity contribution in [2.24, 2.45) is 5.73 Å². The minimum absolute atomic E-state index is 0.0473. The molecule has 1 aromatic rings. The molecule has 1 aromatic carbocycles. The topological polar surface area (TPSA) is 56.5 Å². The van der Waals surface area contributed by atoms with Gasteiger partial charge in [0, 0.05) is 39.1 Å². The molecular weight excluding hydrogens is 312 g/mol. The van der Waals surface area contributed by atoms with Crippen molar-refractivity contribution >= 4 is 0 Å². The first-order chi connectivity index (χ1) is 12.2. The molecule has 0 heterocycles. The second kappa shape index (κ2) is 8.17. The fourth-order valence-electron chi connectivity index (χ4n) is 4.75. The number of nitrogens with one attached hydrogen (secondary N) is 1. The van der Waals surface area contributed by atoms with Gasteiger partial charge in [-0.1, -0.05) is 24.3 Å². The van der Waals surface area contributed by atoms with Crippen LogP contribution in [0.5, 0.6) is 0 Å². The van der Waals surface area contributed by atoms with E-state index in [9.17, 15) is 0 Å². The van der Waals surface area contributed by atoms with E-state index in [2.05, 4.69) is 36.1 Å². The summed E-state index contributed by atoms with van der Waals surface area (Å²) in [5, 5.41) is 3.38. The molecule has 0 saturated heterocycles. The number of hydrogen-bond acceptors (Lipinski definition) is 4. The van der Waals surface area contributed by atoms with Crippen molar-refractivity contribution in [2.75, 3.05) is 20.8 Å². The molecule has 0 spiro atoms. The summed E-state index contributed by atoms with van der Waals surface area (Å²) >= 11 is 0. The Balaban J connectivity index is 1.65. The fourth-order valence-corrected chi connectivity index (χ4v) is 4.75. The quantitative estimate of drug-likeness (QED) is 0.674. The summed E-state index contributed by atoms with van der Waals surface area (Å²) in [5.41, 5.74) is 8.47. The van der Waals surface area contributed by atoms with E-state index in [4.69, 9.17) is 15.2 Å². The number of ether oxygens (including phenoxy) is 2. The summed E-state index contributed by atoms with van der Waals surface area (Å²) in [6, 6.07) is 9.14. The molecule has 3 aliphatic rings. The van der Waals surface area contributed by atoms with Crippen molar-refractivity contribution in [3.63, 3.8) is 0 Å². The van der Waals surface area contributed by atoms with Gasteiger partial charge in [-0.3, -0.25) is 0 Å². The largest absolute Gasteiger partial charge is 0.380 e. The van der Waals surface area contributed by atoms with Crippen molar-refractivity contribution in [3.05, 3.63) is 41.9 Å². The zero-order valence-corrected chi connectivity index (χ0v) is 15.7. The molecule has 4 rings (SSSR count). The Bertz CT molecular complexity index is 535. The zero-order chi connectivity index (χ0) is 17.8. The van der Waals surface area contributed by atoms with E-state index < -0.39 is 0 Å². The standard InChI is InChI=1S/C21H33N2O2/c1-24-19-15-20(25-2)9-11-21(19,12-10-20)18-7-5-17(6-8-18)16-23-14-4-3-13-22/h5-8,14,19,23H,3-4,9-13,15-16,22H2,1-2H3/t19-,20?,21?/m1/s1. The fraction of sp³-hybridized carbons (Fsp3) is 0.667. The lowest BCUT2D eigenvalue weighted by Gasteiger charge is -2.56. The maximum absolute atomic E-state index is 5.93. The van der Waals surface area contributed by atoms with Crippen LogP contribution in [-0.4, -0.2) is 32.5 Å². The van der Waals surface area contributed by atoms with E-state index in [1.807, 2.05) is 14.2 Å². The summed E-state index contributed by atoms with van der Waals surface area (Å²) < 4.78 is 11.8. The van der Waals surface area contributed by atoms with Gasteiger partial charge in [0.1, 0.15) is 0 Å². The van der Waals surface area contributed by atoms with Crippen molar-refractivity contribution in [1.29, 1.82) is 0 Å². The number of fused-ring (bicyclic) bond motifs is 3. The summed E-state index contributed by atoms with van der Waals surface area (Å²) in [5.74, 6) is 0. The molecule has 25 heavy (non-hydrogen) atoms. The van der Waals surface area contributed by atoms with Crippen LogP contribution >= 0.6 is 0 Å². The molecule has 3 N–H and O–H groups in total. The summed E-state index contributed by atoms with van der Waals surface area (Å²) in [6.07, 6.45) is 7.92. The van der Waals surface area contributed by atoms with Crippen LogP contribution in [0, 0.1) is 6.54 Å². The molecule has 0 aromatic heterocycles. The molecule has 0 unspecified atom stereocenters. The van der Waals surface area contributed by atoms with Crippen molar-refractivity contribution < 1.29 is 9.47 Å². The number of methoxy groups -OCH3 is 2. The maximum Gasteiger partial charge on any atom is 0.0704 e. The van der Waals surface area contributed by atoms with Gasteiger partial charge >= 0.3 is 0 Å². The van der Waals surface area contributed by atoms with Crippen LogP contribution in [0.2, 0.25) is 0 Å². The monoisotopic (exact) mass is 345 g/mol. The summed E-state index contributed by atoms with van der Waals surface area (Å²) in [7, 11) is 3.71.